The van der Waals surface area contributed by atoms with Crippen molar-refractivity contribution in [1.82, 2.24) is 20.6 Å². The molecule has 2 aromatic rings. The SMILES string of the molecule is Cc1cc(C)c(CNC(=O)c2cc(C3CCNCC3)nc(NC(C)C)c2C=N)c(=O)[nH]1. The van der Waals surface area contributed by atoms with Crippen molar-refractivity contribution in [3.05, 3.63) is 56.1 Å². The molecule has 2 aromatic heterocycles. The number of aryl methyl sites for hydroxylation is 2. The smallest absolute Gasteiger partial charge is 0.253 e. The molecule has 1 amide bonds. The van der Waals surface area contributed by atoms with Crippen LogP contribution in [0.25, 0.3) is 0 Å². The van der Waals surface area contributed by atoms with Gasteiger partial charge in [0.25, 0.3) is 11.5 Å². The number of aromatic amines is 1. The summed E-state index contributed by atoms with van der Waals surface area (Å²) in [6.07, 6.45) is 3.08. The first-order valence-corrected chi connectivity index (χ1v) is 10.8. The maximum absolute atomic E-state index is 13.2. The molecule has 1 aliphatic rings. The van der Waals surface area contributed by atoms with Gasteiger partial charge in [-0.05, 0) is 71.3 Å². The lowest BCUT2D eigenvalue weighted by atomic mass is 9.92. The second kappa shape index (κ2) is 9.87. The molecule has 1 fully saturated rings. The molecule has 0 unspecified atom stereocenters. The fourth-order valence-electron chi connectivity index (χ4n) is 3.98. The van der Waals surface area contributed by atoms with Crippen LogP contribution < -0.4 is 21.5 Å². The fraction of sp³-hybridized carbons (Fsp3) is 0.478. The molecule has 0 saturated carbocycles. The van der Waals surface area contributed by atoms with Gasteiger partial charge in [-0.15, -0.1) is 0 Å². The number of H-pyrrole nitrogens is 1. The highest BCUT2D eigenvalue weighted by molar-refractivity contribution is 6.04. The van der Waals surface area contributed by atoms with Gasteiger partial charge in [0, 0.05) is 47.2 Å². The van der Waals surface area contributed by atoms with Gasteiger partial charge in [-0.2, -0.15) is 0 Å². The molecular formula is C23H32N6O2. The third-order valence-electron chi connectivity index (χ3n) is 5.57. The third-order valence-corrected chi connectivity index (χ3v) is 5.57. The molecule has 166 valence electrons. The van der Waals surface area contributed by atoms with Crippen LogP contribution in [0.5, 0.6) is 0 Å². The first-order chi connectivity index (χ1) is 14.8. The molecule has 1 saturated heterocycles. The van der Waals surface area contributed by atoms with Crippen molar-refractivity contribution in [1.29, 1.82) is 5.41 Å². The number of nitrogens with zero attached hydrogens (tertiary/aromatic N) is 1. The Morgan fingerprint density at radius 3 is 2.61 bits per heavy atom. The van der Waals surface area contributed by atoms with E-state index in [1.165, 1.54) is 6.21 Å². The summed E-state index contributed by atoms with van der Waals surface area (Å²) in [6.45, 7) is 9.65. The Balaban J connectivity index is 1.94. The molecule has 8 heteroatoms. The van der Waals surface area contributed by atoms with E-state index in [1.54, 1.807) is 0 Å². The van der Waals surface area contributed by atoms with Crippen molar-refractivity contribution >= 4 is 17.9 Å². The van der Waals surface area contributed by atoms with Crippen molar-refractivity contribution in [2.24, 2.45) is 0 Å². The Bertz CT molecular complexity index is 1020. The van der Waals surface area contributed by atoms with Crippen LogP contribution in [0.1, 0.15) is 71.0 Å². The fourth-order valence-corrected chi connectivity index (χ4v) is 3.98. The molecule has 5 N–H and O–H groups in total. The second-order valence-electron chi connectivity index (χ2n) is 8.45. The largest absolute Gasteiger partial charge is 0.367 e. The zero-order chi connectivity index (χ0) is 22.5. The van der Waals surface area contributed by atoms with E-state index in [-0.39, 0.29) is 30.0 Å². The Labute approximate surface area is 182 Å². The Morgan fingerprint density at radius 2 is 2.00 bits per heavy atom. The molecule has 3 rings (SSSR count). The molecule has 0 aliphatic carbocycles. The van der Waals surface area contributed by atoms with E-state index in [0.29, 0.717) is 22.5 Å². The predicted octanol–water partition coefficient (Wildman–Crippen LogP) is 2.60. The molecule has 3 heterocycles. The monoisotopic (exact) mass is 424 g/mol. The van der Waals surface area contributed by atoms with Gasteiger partial charge < -0.3 is 26.3 Å². The van der Waals surface area contributed by atoms with Gasteiger partial charge in [-0.25, -0.2) is 4.98 Å². The van der Waals surface area contributed by atoms with Crippen LogP contribution in [0.3, 0.4) is 0 Å². The lowest BCUT2D eigenvalue weighted by Gasteiger charge is -2.24. The van der Waals surface area contributed by atoms with Crippen LogP contribution in [-0.2, 0) is 6.54 Å². The predicted molar refractivity (Wildman–Crippen MR) is 123 cm³/mol. The molecular weight excluding hydrogens is 392 g/mol. The third kappa shape index (κ3) is 5.38. The Hall–Kier alpha value is -3.00. The minimum absolute atomic E-state index is 0.110. The number of aromatic nitrogens is 2. The summed E-state index contributed by atoms with van der Waals surface area (Å²) < 4.78 is 0. The molecule has 31 heavy (non-hydrogen) atoms. The van der Waals surface area contributed by atoms with E-state index in [2.05, 4.69) is 20.9 Å². The van der Waals surface area contributed by atoms with Crippen molar-refractivity contribution in [2.75, 3.05) is 18.4 Å². The number of anilines is 1. The van der Waals surface area contributed by atoms with Gasteiger partial charge >= 0.3 is 0 Å². The highest BCUT2D eigenvalue weighted by atomic mass is 16.1. The van der Waals surface area contributed by atoms with Crippen LogP contribution in [0.15, 0.2) is 16.9 Å². The Morgan fingerprint density at radius 1 is 1.29 bits per heavy atom. The number of carbonyl (C=O) groups excluding carboxylic acids is 1. The molecule has 0 atom stereocenters. The maximum Gasteiger partial charge on any atom is 0.253 e. The molecule has 0 bridgehead atoms. The standard InChI is InChI=1S/C23H32N6O2/c1-13(2)27-21-18(11-24)17(10-20(29-21)16-5-7-25-8-6-16)22(30)26-12-19-14(3)9-15(4)28-23(19)31/h9-11,13,16,24-25H,5-8,12H2,1-4H3,(H,26,30)(H,27,29)(H,28,31). The van der Waals surface area contributed by atoms with Crippen LogP contribution in [0, 0.1) is 19.3 Å². The van der Waals surface area contributed by atoms with Crippen LogP contribution in [0.4, 0.5) is 5.82 Å². The van der Waals surface area contributed by atoms with E-state index in [4.69, 9.17) is 10.4 Å². The van der Waals surface area contributed by atoms with E-state index in [9.17, 15) is 9.59 Å². The maximum atomic E-state index is 13.2. The zero-order valence-corrected chi connectivity index (χ0v) is 18.7. The van der Waals surface area contributed by atoms with E-state index < -0.39 is 0 Å². The summed E-state index contributed by atoms with van der Waals surface area (Å²) in [5, 5.41) is 17.4. The van der Waals surface area contributed by atoms with Crippen molar-refractivity contribution in [3.63, 3.8) is 0 Å². The number of carbonyl (C=O) groups is 1. The summed E-state index contributed by atoms with van der Waals surface area (Å²) >= 11 is 0. The minimum Gasteiger partial charge on any atom is -0.367 e. The molecule has 0 radical (unpaired) electrons. The van der Waals surface area contributed by atoms with E-state index >= 15 is 0 Å². The summed E-state index contributed by atoms with van der Waals surface area (Å²) in [5.74, 6) is 0.500. The van der Waals surface area contributed by atoms with Crippen molar-refractivity contribution in [2.45, 2.75) is 59.0 Å². The van der Waals surface area contributed by atoms with Gasteiger partial charge in [0.2, 0.25) is 0 Å². The van der Waals surface area contributed by atoms with Crippen molar-refractivity contribution < 1.29 is 4.79 Å². The average Bonchev–Trinajstić information content (AvgIpc) is 2.72. The summed E-state index contributed by atoms with van der Waals surface area (Å²) in [6, 6.07) is 3.81. The molecule has 0 spiro atoms. The van der Waals surface area contributed by atoms with Crippen LogP contribution in [-0.4, -0.2) is 41.2 Å². The number of hydrogen-bond acceptors (Lipinski definition) is 6. The van der Waals surface area contributed by atoms with Gasteiger partial charge in [0.15, 0.2) is 0 Å². The van der Waals surface area contributed by atoms with Gasteiger partial charge in [0.1, 0.15) is 5.82 Å². The van der Waals surface area contributed by atoms with E-state index in [0.717, 1.165) is 42.9 Å². The number of amides is 1. The average molecular weight is 425 g/mol. The van der Waals surface area contributed by atoms with Crippen LogP contribution in [0.2, 0.25) is 0 Å². The highest BCUT2D eigenvalue weighted by Crippen LogP contribution is 2.28. The summed E-state index contributed by atoms with van der Waals surface area (Å²) in [4.78, 5) is 33.0. The number of hydrogen-bond donors (Lipinski definition) is 5. The van der Waals surface area contributed by atoms with Gasteiger partial charge in [-0.1, -0.05) is 0 Å². The number of rotatable bonds is 7. The number of nitrogens with one attached hydrogen (secondary N) is 5. The van der Waals surface area contributed by atoms with Gasteiger partial charge in [-0.3, -0.25) is 9.59 Å². The summed E-state index contributed by atoms with van der Waals surface area (Å²) in [5.41, 5.74) is 3.68. The lowest BCUT2D eigenvalue weighted by molar-refractivity contribution is 0.0950. The topological polar surface area (TPSA) is 123 Å². The lowest BCUT2D eigenvalue weighted by Crippen LogP contribution is -2.30. The van der Waals surface area contributed by atoms with Crippen molar-refractivity contribution in [3.8, 4) is 0 Å². The minimum atomic E-state index is -0.317. The van der Waals surface area contributed by atoms with Crippen LogP contribution >= 0.6 is 0 Å². The number of piperidine rings is 1. The quantitative estimate of drug-likeness (QED) is 0.437. The normalized spacial score (nSPS) is 14.5. The second-order valence-corrected chi connectivity index (χ2v) is 8.45. The molecule has 0 aromatic carbocycles. The highest BCUT2D eigenvalue weighted by Gasteiger charge is 2.23. The van der Waals surface area contributed by atoms with Gasteiger partial charge in [0.05, 0.1) is 5.56 Å². The Kier molecular flexibility index (Phi) is 7.22. The molecule has 8 nitrogen and oxygen atoms in total. The number of pyridine rings is 2. The summed E-state index contributed by atoms with van der Waals surface area (Å²) in [7, 11) is 0. The first kappa shape index (κ1) is 22.7. The molecule has 1 aliphatic heterocycles. The van der Waals surface area contributed by atoms with E-state index in [1.807, 2.05) is 39.8 Å². The zero-order valence-electron chi connectivity index (χ0n) is 18.7. The first-order valence-electron chi connectivity index (χ1n) is 10.8.